The number of hydrogen-bond acceptors (Lipinski definition) is 4. The molecule has 0 spiro atoms. The molecule has 26 heavy (non-hydrogen) atoms. The number of para-hydroxylation sites is 1. The summed E-state index contributed by atoms with van der Waals surface area (Å²) in [7, 11) is 0. The van der Waals surface area contributed by atoms with Crippen LogP contribution < -0.4 is 5.32 Å². The first-order valence-corrected chi connectivity index (χ1v) is 8.17. The molecule has 5 nitrogen and oxygen atoms in total. The van der Waals surface area contributed by atoms with Crippen molar-refractivity contribution in [2.45, 2.75) is 6.92 Å². The molecule has 128 valence electrons. The number of nitrogens with zero attached hydrogens (tertiary/aromatic N) is 4. The summed E-state index contributed by atoms with van der Waals surface area (Å²) in [6.07, 6.45) is 3.49. The Bertz CT molecular complexity index is 1030. The highest BCUT2D eigenvalue weighted by Gasteiger charge is 2.12. The van der Waals surface area contributed by atoms with Crippen LogP contribution in [0, 0.1) is 12.7 Å². The summed E-state index contributed by atoms with van der Waals surface area (Å²) in [5.74, 6) is 0.162. The molecule has 0 radical (unpaired) electrons. The van der Waals surface area contributed by atoms with Crippen molar-refractivity contribution in [1.82, 2.24) is 19.7 Å². The van der Waals surface area contributed by atoms with E-state index in [0.29, 0.717) is 5.95 Å². The van der Waals surface area contributed by atoms with Gasteiger partial charge in [0.05, 0.1) is 23.3 Å². The van der Waals surface area contributed by atoms with Crippen LogP contribution in [0.25, 0.3) is 16.9 Å². The van der Waals surface area contributed by atoms with Gasteiger partial charge in [-0.2, -0.15) is 5.10 Å². The highest BCUT2D eigenvalue weighted by molar-refractivity contribution is 5.64. The fourth-order valence-electron chi connectivity index (χ4n) is 2.72. The molecule has 0 aliphatic heterocycles. The van der Waals surface area contributed by atoms with Gasteiger partial charge in [0.2, 0.25) is 5.95 Å². The SMILES string of the molecule is Cc1c(-c2ccnc(Nc3ccc(F)cc3)n2)cnn1-c1ccccc1. The molecule has 2 aromatic carbocycles. The van der Waals surface area contributed by atoms with E-state index in [4.69, 9.17) is 0 Å². The smallest absolute Gasteiger partial charge is 0.227 e. The second-order valence-electron chi connectivity index (χ2n) is 5.79. The summed E-state index contributed by atoms with van der Waals surface area (Å²) in [6, 6.07) is 17.8. The lowest BCUT2D eigenvalue weighted by atomic mass is 10.2. The van der Waals surface area contributed by atoms with Crippen molar-refractivity contribution in [3.8, 4) is 16.9 Å². The van der Waals surface area contributed by atoms with Crippen molar-refractivity contribution < 1.29 is 4.39 Å². The first-order valence-electron chi connectivity index (χ1n) is 8.17. The molecular weight excluding hydrogens is 329 g/mol. The fraction of sp³-hybridized carbons (Fsp3) is 0.0500. The van der Waals surface area contributed by atoms with Crippen LogP contribution in [-0.2, 0) is 0 Å². The Morgan fingerprint density at radius 2 is 1.73 bits per heavy atom. The van der Waals surface area contributed by atoms with Crippen LogP contribution in [0.3, 0.4) is 0 Å². The topological polar surface area (TPSA) is 55.6 Å². The van der Waals surface area contributed by atoms with Gasteiger partial charge in [-0.05, 0) is 49.4 Å². The molecule has 4 rings (SSSR count). The van der Waals surface area contributed by atoms with Crippen molar-refractivity contribution in [2.75, 3.05) is 5.32 Å². The van der Waals surface area contributed by atoms with Crippen LogP contribution in [0.2, 0.25) is 0 Å². The van der Waals surface area contributed by atoms with Crippen molar-refractivity contribution in [1.29, 1.82) is 0 Å². The average Bonchev–Trinajstić information content (AvgIpc) is 3.06. The first-order chi connectivity index (χ1) is 12.7. The third kappa shape index (κ3) is 3.17. The predicted molar refractivity (Wildman–Crippen MR) is 99.0 cm³/mol. The zero-order valence-corrected chi connectivity index (χ0v) is 14.1. The van der Waals surface area contributed by atoms with Crippen molar-refractivity contribution >= 4 is 11.6 Å². The molecule has 4 aromatic rings. The van der Waals surface area contributed by atoms with E-state index >= 15 is 0 Å². The lowest BCUT2D eigenvalue weighted by Gasteiger charge is -2.07. The Morgan fingerprint density at radius 3 is 2.50 bits per heavy atom. The molecular formula is C20H16FN5. The zero-order chi connectivity index (χ0) is 17.9. The van der Waals surface area contributed by atoms with E-state index in [-0.39, 0.29) is 5.82 Å². The molecule has 6 heteroatoms. The minimum absolute atomic E-state index is 0.283. The van der Waals surface area contributed by atoms with Crippen LogP contribution >= 0.6 is 0 Å². The summed E-state index contributed by atoms with van der Waals surface area (Å²) >= 11 is 0. The molecule has 2 aromatic heterocycles. The molecule has 0 saturated carbocycles. The van der Waals surface area contributed by atoms with Crippen LogP contribution in [0.4, 0.5) is 16.0 Å². The molecule has 0 aliphatic carbocycles. The van der Waals surface area contributed by atoms with E-state index in [1.54, 1.807) is 24.5 Å². The van der Waals surface area contributed by atoms with E-state index in [9.17, 15) is 4.39 Å². The van der Waals surface area contributed by atoms with Crippen LogP contribution in [0.1, 0.15) is 5.69 Å². The summed E-state index contributed by atoms with van der Waals surface area (Å²) in [6.45, 7) is 2.00. The second-order valence-corrected chi connectivity index (χ2v) is 5.79. The summed E-state index contributed by atoms with van der Waals surface area (Å²) < 4.78 is 14.9. The van der Waals surface area contributed by atoms with Gasteiger partial charge < -0.3 is 5.32 Å². The monoisotopic (exact) mass is 345 g/mol. The predicted octanol–water partition coefficient (Wildman–Crippen LogP) is 4.52. The highest BCUT2D eigenvalue weighted by Crippen LogP contribution is 2.24. The summed E-state index contributed by atoms with van der Waals surface area (Å²) in [5.41, 5.74) is 4.40. The third-order valence-corrected chi connectivity index (χ3v) is 4.04. The van der Waals surface area contributed by atoms with Crippen molar-refractivity contribution in [3.63, 3.8) is 0 Å². The van der Waals surface area contributed by atoms with Gasteiger partial charge in [-0.15, -0.1) is 0 Å². The third-order valence-electron chi connectivity index (χ3n) is 4.04. The van der Waals surface area contributed by atoms with Gasteiger partial charge in [-0.3, -0.25) is 0 Å². The van der Waals surface area contributed by atoms with Crippen LogP contribution in [0.5, 0.6) is 0 Å². The Hall–Kier alpha value is -3.54. The normalized spacial score (nSPS) is 10.7. The van der Waals surface area contributed by atoms with E-state index in [0.717, 1.165) is 28.3 Å². The highest BCUT2D eigenvalue weighted by atomic mass is 19.1. The van der Waals surface area contributed by atoms with Gasteiger partial charge in [-0.1, -0.05) is 18.2 Å². The lowest BCUT2D eigenvalue weighted by Crippen LogP contribution is -2.00. The van der Waals surface area contributed by atoms with Gasteiger partial charge in [0, 0.05) is 17.4 Å². The average molecular weight is 345 g/mol. The minimum atomic E-state index is -0.283. The number of aromatic nitrogens is 4. The molecule has 0 saturated heterocycles. The summed E-state index contributed by atoms with van der Waals surface area (Å²) in [5, 5.41) is 7.56. The van der Waals surface area contributed by atoms with Crippen LogP contribution in [-0.4, -0.2) is 19.7 Å². The zero-order valence-electron chi connectivity index (χ0n) is 14.1. The van der Waals surface area contributed by atoms with Crippen LogP contribution in [0.15, 0.2) is 73.1 Å². The maximum Gasteiger partial charge on any atom is 0.227 e. The number of rotatable bonds is 4. The van der Waals surface area contributed by atoms with Crippen molar-refractivity contribution in [2.24, 2.45) is 0 Å². The number of benzene rings is 2. The maximum absolute atomic E-state index is 13.0. The summed E-state index contributed by atoms with van der Waals surface area (Å²) in [4.78, 5) is 8.79. The molecule has 2 heterocycles. The molecule has 0 aliphatic rings. The molecule has 1 N–H and O–H groups in total. The molecule has 0 amide bonds. The maximum atomic E-state index is 13.0. The van der Waals surface area contributed by atoms with E-state index in [1.807, 2.05) is 48.0 Å². The van der Waals surface area contributed by atoms with Gasteiger partial charge >= 0.3 is 0 Å². The van der Waals surface area contributed by atoms with Gasteiger partial charge in [-0.25, -0.2) is 19.0 Å². The quantitative estimate of drug-likeness (QED) is 0.591. The minimum Gasteiger partial charge on any atom is -0.324 e. The fourth-order valence-corrected chi connectivity index (χ4v) is 2.72. The number of anilines is 2. The second kappa shape index (κ2) is 6.76. The largest absolute Gasteiger partial charge is 0.324 e. The van der Waals surface area contributed by atoms with E-state index in [1.165, 1.54) is 12.1 Å². The number of nitrogens with one attached hydrogen (secondary N) is 1. The Kier molecular flexibility index (Phi) is 4.15. The van der Waals surface area contributed by atoms with Crippen molar-refractivity contribution in [3.05, 3.63) is 84.6 Å². The molecule has 0 fully saturated rings. The molecule has 0 atom stereocenters. The van der Waals surface area contributed by atoms with E-state index < -0.39 is 0 Å². The van der Waals surface area contributed by atoms with E-state index in [2.05, 4.69) is 20.4 Å². The Labute approximate surface area is 150 Å². The lowest BCUT2D eigenvalue weighted by molar-refractivity contribution is 0.628. The standard InChI is InChI=1S/C20H16FN5/c1-14-18(13-23-26(14)17-5-3-2-4-6-17)19-11-12-22-20(25-19)24-16-9-7-15(21)8-10-16/h2-13H,1H3,(H,22,24,25). The molecule has 0 bridgehead atoms. The molecule has 0 unspecified atom stereocenters. The Balaban J connectivity index is 1.65. The van der Waals surface area contributed by atoms with Gasteiger partial charge in [0.25, 0.3) is 0 Å². The number of halogens is 1. The Morgan fingerprint density at radius 1 is 0.962 bits per heavy atom. The van der Waals surface area contributed by atoms with Gasteiger partial charge in [0.15, 0.2) is 0 Å². The number of hydrogen-bond donors (Lipinski definition) is 1. The van der Waals surface area contributed by atoms with Gasteiger partial charge in [0.1, 0.15) is 5.82 Å². The first kappa shape index (κ1) is 16.0.